The van der Waals surface area contributed by atoms with Gasteiger partial charge in [0.1, 0.15) is 17.5 Å². The number of hydrogen-bond acceptors (Lipinski definition) is 4. The number of aromatic nitrogens is 3. The van der Waals surface area contributed by atoms with Gasteiger partial charge in [-0.25, -0.2) is 14.4 Å². The monoisotopic (exact) mass is 348 g/mol. The lowest BCUT2D eigenvalue weighted by Gasteiger charge is -2.28. The van der Waals surface area contributed by atoms with E-state index in [0.29, 0.717) is 0 Å². The fourth-order valence-corrected chi connectivity index (χ4v) is 3.37. The molecule has 4 rings (SSSR count). The Bertz CT molecular complexity index is 902. The van der Waals surface area contributed by atoms with Crippen LogP contribution in [0.15, 0.2) is 48.8 Å². The summed E-state index contributed by atoms with van der Waals surface area (Å²) in [5, 5.41) is 0. The second kappa shape index (κ2) is 7.20. The molecule has 1 aliphatic rings. The average molecular weight is 348 g/mol. The second-order valence-corrected chi connectivity index (χ2v) is 6.68. The van der Waals surface area contributed by atoms with E-state index in [0.717, 1.165) is 47.1 Å². The summed E-state index contributed by atoms with van der Waals surface area (Å²) in [5.74, 6) is 1.50. The van der Waals surface area contributed by atoms with Crippen molar-refractivity contribution < 1.29 is 4.39 Å². The molecule has 1 fully saturated rings. The number of rotatable bonds is 3. The van der Waals surface area contributed by atoms with E-state index < -0.39 is 0 Å². The molecule has 0 bridgehead atoms. The molecular formula is C21H21FN4. The molecule has 0 radical (unpaired) electrons. The van der Waals surface area contributed by atoms with Gasteiger partial charge in [-0.15, -0.1) is 0 Å². The molecule has 4 nitrogen and oxygen atoms in total. The molecule has 0 atom stereocenters. The van der Waals surface area contributed by atoms with Crippen molar-refractivity contribution in [2.45, 2.75) is 26.2 Å². The van der Waals surface area contributed by atoms with Crippen LogP contribution in [0.3, 0.4) is 0 Å². The zero-order valence-electron chi connectivity index (χ0n) is 14.8. The van der Waals surface area contributed by atoms with E-state index >= 15 is 0 Å². The van der Waals surface area contributed by atoms with Gasteiger partial charge in [-0.2, -0.15) is 0 Å². The van der Waals surface area contributed by atoms with Gasteiger partial charge in [0.05, 0.1) is 5.69 Å². The Hall–Kier alpha value is -2.82. The summed E-state index contributed by atoms with van der Waals surface area (Å²) in [7, 11) is 0. The molecule has 5 heteroatoms. The molecule has 0 aliphatic carbocycles. The van der Waals surface area contributed by atoms with Gasteiger partial charge in [-0.05, 0) is 49.9 Å². The molecule has 0 saturated carbocycles. The highest BCUT2D eigenvalue weighted by Crippen LogP contribution is 2.27. The van der Waals surface area contributed by atoms with E-state index in [4.69, 9.17) is 0 Å². The van der Waals surface area contributed by atoms with Gasteiger partial charge in [-0.1, -0.05) is 12.1 Å². The third-order valence-electron chi connectivity index (χ3n) is 4.72. The first kappa shape index (κ1) is 16.6. The van der Waals surface area contributed by atoms with Crippen molar-refractivity contribution in [1.82, 2.24) is 15.0 Å². The van der Waals surface area contributed by atoms with Gasteiger partial charge in [0.15, 0.2) is 0 Å². The summed E-state index contributed by atoms with van der Waals surface area (Å²) in [6.07, 6.45) is 7.31. The Morgan fingerprint density at radius 1 is 0.846 bits per heavy atom. The van der Waals surface area contributed by atoms with Crippen LogP contribution in [0.1, 0.15) is 25.1 Å². The van der Waals surface area contributed by atoms with Crippen LogP contribution in [0.2, 0.25) is 0 Å². The van der Waals surface area contributed by atoms with Crippen LogP contribution in [0.25, 0.3) is 22.4 Å². The van der Waals surface area contributed by atoms with Gasteiger partial charge < -0.3 is 4.90 Å². The Balaban J connectivity index is 1.70. The molecular weight excluding hydrogens is 327 g/mol. The maximum absolute atomic E-state index is 13.2. The molecule has 26 heavy (non-hydrogen) atoms. The quantitative estimate of drug-likeness (QED) is 0.691. The SMILES string of the molecule is Cc1nc(-c2cncc(-c3ccc(F)cc3)c2)cc(N2CCCCC2)n1. The summed E-state index contributed by atoms with van der Waals surface area (Å²) in [4.78, 5) is 15.9. The number of anilines is 1. The topological polar surface area (TPSA) is 41.9 Å². The fourth-order valence-electron chi connectivity index (χ4n) is 3.37. The van der Waals surface area contributed by atoms with Crippen LogP contribution >= 0.6 is 0 Å². The maximum Gasteiger partial charge on any atom is 0.132 e. The zero-order chi connectivity index (χ0) is 17.9. The highest BCUT2D eigenvalue weighted by Gasteiger charge is 2.15. The van der Waals surface area contributed by atoms with Crippen LogP contribution in [0, 0.1) is 12.7 Å². The maximum atomic E-state index is 13.2. The van der Waals surface area contributed by atoms with Crippen molar-refractivity contribution in [1.29, 1.82) is 0 Å². The first-order chi connectivity index (χ1) is 12.7. The molecule has 1 aromatic carbocycles. The minimum Gasteiger partial charge on any atom is -0.356 e. The van der Waals surface area contributed by atoms with Crippen molar-refractivity contribution >= 4 is 5.82 Å². The Labute approximate surface area is 152 Å². The van der Waals surface area contributed by atoms with Crippen LogP contribution < -0.4 is 4.90 Å². The standard InChI is InChI=1S/C21H21FN4/c1-15-24-20(12-21(25-15)26-9-3-2-4-10-26)18-11-17(13-23-14-18)16-5-7-19(22)8-6-16/h5-8,11-14H,2-4,9-10H2,1H3. The van der Waals surface area contributed by atoms with Crippen LogP contribution in [0.5, 0.6) is 0 Å². The van der Waals surface area contributed by atoms with Crippen LogP contribution in [-0.2, 0) is 0 Å². The smallest absolute Gasteiger partial charge is 0.132 e. The average Bonchev–Trinajstić information content (AvgIpc) is 2.69. The predicted molar refractivity (Wildman–Crippen MR) is 101 cm³/mol. The van der Waals surface area contributed by atoms with E-state index in [9.17, 15) is 4.39 Å². The van der Waals surface area contributed by atoms with E-state index in [2.05, 4.69) is 19.9 Å². The summed E-state index contributed by atoms with van der Waals surface area (Å²) in [5.41, 5.74) is 3.69. The molecule has 1 saturated heterocycles. The van der Waals surface area contributed by atoms with Crippen molar-refractivity contribution in [2.24, 2.45) is 0 Å². The Morgan fingerprint density at radius 3 is 2.35 bits per heavy atom. The minimum absolute atomic E-state index is 0.240. The lowest BCUT2D eigenvalue weighted by atomic mass is 10.0. The van der Waals surface area contributed by atoms with E-state index in [1.54, 1.807) is 18.3 Å². The molecule has 1 aliphatic heterocycles. The van der Waals surface area contributed by atoms with E-state index in [1.165, 1.54) is 31.4 Å². The molecule has 0 amide bonds. The number of pyridine rings is 1. The summed E-state index contributed by atoms with van der Waals surface area (Å²) >= 11 is 0. The highest BCUT2D eigenvalue weighted by molar-refractivity contribution is 5.71. The van der Waals surface area contributed by atoms with Crippen molar-refractivity contribution in [3.8, 4) is 22.4 Å². The second-order valence-electron chi connectivity index (χ2n) is 6.68. The third kappa shape index (κ3) is 3.57. The summed E-state index contributed by atoms with van der Waals surface area (Å²) in [6.45, 7) is 4.02. The first-order valence-electron chi connectivity index (χ1n) is 9.01. The van der Waals surface area contributed by atoms with Gasteiger partial charge >= 0.3 is 0 Å². The molecule has 0 unspecified atom stereocenters. The Kier molecular flexibility index (Phi) is 4.61. The number of piperidine rings is 1. The minimum atomic E-state index is -0.240. The van der Waals surface area contributed by atoms with Crippen LogP contribution in [0.4, 0.5) is 10.2 Å². The first-order valence-corrected chi connectivity index (χ1v) is 9.01. The third-order valence-corrected chi connectivity index (χ3v) is 4.72. The molecule has 2 aromatic heterocycles. The molecule has 0 N–H and O–H groups in total. The lowest BCUT2D eigenvalue weighted by Crippen LogP contribution is -2.30. The van der Waals surface area contributed by atoms with Crippen molar-refractivity contribution in [3.63, 3.8) is 0 Å². The summed E-state index contributed by atoms with van der Waals surface area (Å²) < 4.78 is 13.2. The van der Waals surface area contributed by atoms with Gasteiger partial charge in [0.25, 0.3) is 0 Å². The molecule has 3 heterocycles. The molecule has 3 aromatic rings. The number of benzene rings is 1. The van der Waals surface area contributed by atoms with E-state index in [-0.39, 0.29) is 5.82 Å². The van der Waals surface area contributed by atoms with Crippen molar-refractivity contribution in [3.05, 3.63) is 60.4 Å². The highest BCUT2D eigenvalue weighted by atomic mass is 19.1. The number of aryl methyl sites for hydroxylation is 1. The Morgan fingerprint density at radius 2 is 1.58 bits per heavy atom. The molecule has 132 valence electrons. The number of hydrogen-bond donors (Lipinski definition) is 0. The largest absolute Gasteiger partial charge is 0.356 e. The lowest BCUT2D eigenvalue weighted by molar-refractivity contribution is 0.572. The number of halogens is 1. The number of nitrogens with zero attached hydrogens (tertiary/aromatic N) is 4. The predicted octanol–water partition coefficient (Wildman–Crippen LogP) is 4.64. The van der Waals surface area contributed by atoms with Crippen molar-refractivity contribution in [2.75, 3.05) is 18.0 Å². The van der Waals surface area contributed by atoms with Gasteiger partial charge in [-0.3, -0.25) is 4.98 Å². The van der Waals surface area contributed by atoms with Crippen LogP contribution in [-0.4, -0.2) is 28.0 Å². The normalized spacial score (nSPS) is 14.5. The van der Waals surface area contributed by atoms with Gasteiger partial charge in [0.2, 0.25) is 0 Å². The van der Waals surface area contributed by atoms with E-state index in [1.807, 2.05) is 25.3 Å². The summed E-state index contributed by atoms with van der Waals surface area (Å²) in [6, 6.07) is 10.5. The fraction of sp³-hybridized carbons (Fsp3) is 0.286. The molecule has 0 spiro atoms. The zero-order valence-corrected chi connectivity index (χ0v) is 14.8. The van der Waals surface area contributed by atoms with Gasteiger partial charge in [0, 0.05) is 42.7 Å².